The van der Waals surface area contributed by atoms with Gasteiger partial charge in [0.25, 0.3) is 0 Å². The van der Waals surface area contributed by atoms with Crippen molar-refractivity contribution in [2.45, 2.75) is 13.3 Å². The number of aromatic amines is 1. The first-order valence-electron chi connectivity index (χ1n) is 4.26. The second kappa shape index (κ2) is 3.63. The molecule has 0 aromatic carbocycles. The Morgan fingerprint density at radius 2 is 2.21 bits per heavy atom. The fraction of sp³-hybridized carbons (Fsp3) is 0.222. The Morgan fingerprint density at radius 3 is 2.93 bits per heavy atom. The highest BCUT2D eigenvalue weighted by Crippen LogP contribution is 2.15. The van der Waals surface area contributed by atoms with E-state index in [9.17, 15) is 0 Å². The average Bonchev–Trinajstić information content (AvgIpc) is 2.17. The minimum atomic E-state index is 0.278. The van der Waals surface area contributed by atoms with Crippen LogP contribution in [0.15, 0.2) is 12.1 Å². The summed E-state index contributed by atoms with van der Waals surface area (Å²) in [6, 6.07) is 3.64. The van der Waals surface area contributed by atoms with Crippen molar-refractivity contribution in [3.63, 3.8) is 0 Å². The highest BCUT2D eigenvalue weighted by Gasteiger charge is 2.04. The molecule has 0 radical (unpaired) electrons. The van der Waals surface area contributed by atoms with Crippen LogP contribution >= 0.6 is 23.8 Å². The molecule has 0 aliphatic rings. The van der Waals surface area contributed by atoms with E-state index in [-0.39, 0.29) is 5.28 Å². The molecule has 1 N–H and O–H groups in total. The maximum atomic E-state index is 5.78. The lowest BCUT2D eigenvalue weighted by atomic mass is 10.2. The number of nitrogens with zero attached hydrogens (tertiary/aromatic N) is 2. The molecule has 2 heterocycles. The summed E-state index contributed by atoms with van der Waals surface area (Å²) >= 11 is 10.8. The highest BCUT2D eigenvalue weighted by molar-refractivity contribution is 7.71. The van der Waals surface area contributed by atoms with Gasteiger partial charge in [-0.15, -0.1) is 0 Å². The van der Waals surface area contributed by atoms with E-state index in [2.05, 4.69) is 15.0 Å². The molecule has 0 amide bonds. The van der Waals surface area contributed by atoms with E-state index in [0.29, 0.717) is 4.64 Å². The van der Waals surface area contributed by atoms with E-state index in [0.717, 1.165) is 23.1 Å². The third-order valence-electron chi connectivity index (χ3n) is 1.96. The number of aryl methyl sites for hydroxylation is 1. The summed E-state index contributed by atoms with van der Waals surface area (Å²) in [5.41, 5.74) is 2.58. The van der Waals surface area contributed by atoms with Gasteiger partial charge < -0.3 is 4.98 Å². The first-order valence-corrected chi connectivity index (χ1v) is 5.05. The lowest BCUT2D eigenvalue weighted by molar-refractivity contribution is 1.02. The van der Waals surface area contributed by atoms with Gasteiger partial charge in [-0.2, -0.15) is 0 Å². The van der Waals surface area contributed by atoms with Crippen molar-refractivity contribution in [3.05, 3.63) is 27.8 Å². The zero-order valence-corrected chi connectivity index (χ0v) is 9.11. The van der Waals surface area contributed by atoms with Crippen LogP contribution < -0.4 is 0 Å². The number of H-pyrrole nitrogens is 1. The molecule has 0 aliphatic heterocycles. The molecular formula is C9H8ClN3S. The monoisotopic (exact) mass is 225 g/mol. The predicted molar refractivity (Wildman–Crippen MR) is 59.1 cm³/mol. The first-order chi connectivity index (χ1) is 6.70. The summed E-state index contributed by atoms with van der Waals surface area (Å²) in [4.78, 5) is 11.3. The topological polar surface area (TPSA) is 41.6 Å². The van der Waals surface area contributed by atoms with Crippen LogP contribution in [0.25, 0.3) is 11.0 Å². The van der Waals surface area contributed by atoms with Crippen molar-refractivity contribution in [2.24, 2.45) is 0 Å². The number of rotatable bonds is 1. The summed E-state index contributed by atoms with van der Waals surface area (Å²) < 4.78 is 0.679. The normalized spacial score (nSPS) is 10.7. The third kappa shape index (κ3) is 1.63. The third-order valence-corrected chi connectivity index (χ3v) is 2.37. The molecule has 0 spiro atoms. The molecular weight excluding hydrogens is 218 g/mol. The minimum Gasteiger partial charge on any atom is -0.343 e. The van der Waals surface area contributed by atoms with Gasteiger partial charge in [0.15, 0.2) is 0 Å². The molecule has 2 aromatic rings. The fourth-order valence-corrected chi connectivity index (χ4v) is 1.69. The zero-order valence-electron chi connectivity index (χ0n) is 7.54. The summed E-state index contributed by atoms with van der Waals surface area (Å²) in [7, 11) is 0. The largest absolute Gasteiger partial charge is 0.343 e. The Bertz CT molecular complexity index is 535. The van der Waals surface area contributed by atoms with Crippen molar-refractivity contribution in [1.82, 2.24) is 15.0 Å². The summed E-state index contributed by atoms with van der Waals surface area (Å²) in [6.45, 7) is 2.02. The number of pyridine rings is 1. The van der Waals surface area contributed by atoms with Crippen LogP contribution in [0, 0.1) is 4.64 Å². The van der Waals surface area contributed by atoms with Crippen molar-refractivity contribution in [1.29, 1.82) is 0 Å². The molecule has 0 unspecified atom stereocenters. The van der Waals surface area contributed by atoms with E-state index in [1.54, 1.807) is 6.07 Å². The molecule has 3 nitrogen and oxygen atoms in total. The summed E-state index contributed by atoms with van der Waals surface area (Å²) in [5, 5.41) is 0.278. The molecule has 0 aliphatic carbocycles. The SMILES string of the molecule is CCc1nc(Cl)nc2ccc(=S)[nH]c12. The van der Waals surface area contributed by atoms with Crippen LogP contribution in [0.1, 0.15) is 12.6 Å². The van der Waals surface area contributed by atoms with Crippen molar-refractivity contribution < 1.29 is 0 Å². The Kier molecular flexibility index (Phi) is 2.48. The van der Waals surface area contributed by atoms with Gasteiger partial charge >= 0.3 is 0 Å². The number of hydrogen-bond acceptors (Lipinski definition) is 3. The number of fused-ring (bicyclic) bond motifs is 1. The zero-order chi connectivity index (χ0) is 10.1. The maximum Gasteiger partial charge on any atom is 0.223 e. The molecule has 0 bridgehead atoms. The maximum absolute atomic E-state index is 5.78. The van der Waals surface area contributed by atoms with Gasteiger partial charge in [0.1, 0.15) is 4.64 Å². The molecule has 0 saturated heterocycles. The minimum absolute atomic E-state index is 0.278. The van der Waals surface area contributed by atoms with Crippen molar-refractivity contribution in [2.75, 3.05) is 0 Å². The van der Waals surface area contributed by atoms with E-state index >= 15 is 0 Å². The van der Waals surface area contributed by atoms with Gasteiger partial charge in [0.2, 0.25) is 5.28 Å². The van der Waals surface area contributed by atoms with Crippen LogP contribution in [0.3, 0.4) is 0 Å². The van der Waals surface area contributed by atoms with E-state index in [1.165, 1.54) is 0 Å². The van der Waals surface area contributed by atoms with E-state index < -0.39 is 0 Å². The van der Waals surface area contributed by atoms with Gasteiger partial charge in [0, 0.05) is 0 Å². The smallest absolute Gasteiger partial charge is 0.223 e. The molecule has 2 rings (SSSR count). The second-order valence-electron chi connectivity index (χ2n) is 2.88. The number of aromatic nitrogens is 3. The molecule has 14 heavy (non-hydrogen) atoms. The van der Waals surface area contributed by atoms with Crippen molar-refractivity contribution in [3.8, 4) is 0 Å². The van der Waals surface area contributed by atoms with Gasteiger partial charge in [-0.3, -0.25) is 0 Å². The van der Waals surface area contributed by atoms with Crippen molar-refractivity contribution >= 4 is 34.9 Å². The summed E-state index contributed by atoms with van der Waals surface area (Å²) in [5.74, 6) is 0. The van der Waals surface area contributed by atoms with Crippen LogP contribution in [-0.2, 0) is 6.42 Å². The number of hydrogen-bond donors (Lipinski definition) is 1. The first kappa shape index (κ1) is 9.55. The number of halogens is 1. The van der Waals surface area contributed by atoms with E-state index in [1.807, 2.05) is 13.0 Å². The molecule has 0 fully saturated rings. The average molecular weight is 226 g/mol. The highest BCUT2D eigenvalue weighted by atomic mass is 35.5. The standard InChI is InChI=1S/C9H8ClN3S/c1-2-5-8-6(12-9(10)11-5)3-4-7(14)13-8/h3-4H,2H2,1H3,(H,13,14). The Labute approximate surface area is 91.2 Å². The molecule has 5 heteroatoms. The molecule has 2 aromatic heterocycles. The van der Waals surface area contributed by atoms with E-state index in [4.69, 9.17) is 23.8 Å². The van der Waals surface area contributed by atoms with Crippen LogP contribution in [0.5, 0.6) is 0 Å². The summed E-state index contributed by atoms with van der Waals surface area (Å²) in [6.07, 6.45) is 0.800. The molecule has 72 valence electrons. The van der Waals surface area contributed by atoms with Crippen LogP contribution in [0.4, 0.5) is 0 Å². The predicted octanol–water partition coefficient (Wildman–Crippen LogP) is 2.90. The molecule has 0 atom stereocenters. The van der Waals surface area contributed by atoms with Gasteiger partial charge in [0.05, 0.1) is 16.7 Å². The Balaban J connectivity index is 2.88. The van der Waals surface area contributed by atoms with Gasteiger partial charge in [-0.25, -0.2) is 9.97 Å². The molecule has 0 saturated carbocycles. The lowest BCUT2D eigenvalue weighted by Crippen LogP contribution is -1.95. The fourth-order valence-electron chi connectivity index (χ4n) is 1.33. The Morgan fingerprint density at radius 1 is 1.43 bits per heavy atom. The second-order valence-corrected chi connectivity index (χ2v) is 3.65. The quantitative estimate of drug-likeness (QED) is 0.600. The number of nitrogens with one attached hydrogen (secondary N) is 1. The Hall–Kier alpha value is -1.00. The lowest BCUT2D eigenvalue weighted by Gasteiger charge is -2.02. The van der Waals surface area contributed by atoms with Gasteiger partial charge in [-0.1, -0.05) is 19.1 Å². The van der Waals surface area contributed by atoms with Crippen LogP contribution in [0.2, 0.25) is 5.28 Å². The van der Waals surface area contributed by atoms with Crippen LogP contribution in [-0.4, -0.2) is 15.0 Å². The van der Waals surface area contributed by atoms with Gasteiger partial charge in [-0.05, 0) is 30.2 Å².